The normalized spacial score (nSPS) is 20.7. The summed E-state index contributed by atoms with van der Waals surface area (Å²) in [6.45, 7) is 2.44. The minimum Gasteiger partial charge on any atom is -0.364 e. The summed E-state index contributed by atoms with van der Waals surface area (Å²) in [5, 5.41) is 13.6. The van der Waals surface area contributed by atoms with Gasteiger partial charge in [-0.15, -0.1) is 0 Å². The molecule has 0 radical (unpaired) electrons. The Morgan fingerprint density at radius 1 is 1.24 bits per heavy atom. The van der Waals surface area contributed by atoms with Crippen molar-refractivity contribution in [2.24, 2.45) is 7.05 Å². The largest absolute Gasteiger partial charge is 0.364 e. The first-order valence-corrected chi connectivity index (χ1v) is 9.77. The average molecular weight is 394 g/mol. The highest BCUT2D eigenvalue weighted by Gasteiger charge is 2.39. The summed E-state index contributed by atoms with van der Waals surface area (Å²) < 4.78 is 1.88. The number of nitrogens with zero attached hydrogens (tertiary/aromatic N) is 3. The molecule has 3 amide bonds. The quantitative estimate of drug-likeness (QED) is 0.648. The Hall–Kier alpha value is -3.20. The minimum absolute atomic E-state index is 0.153. The van der Waals surface area contributed by atoms with E-state index in [0.29, 0.717) is 25.1 Å². The molecule has 1 saturated heterocycles. The zero-order chi connectivity index (χ0) is 20.1. The molecule has 3 N–H and O–H groups in total. The summed E-state index contributed by atoms with van der Waals surface area (Å²) in [7, 11) is 1.93. The van der Waals surface area contributed by atoms with Crippen LogP contribution in [0, 0.1) is 0 Å². The van der Waals surface area contributed by atoms with E-state index < -0.39 is 11.9 Å². The lowest BCUT2D eigenvalue weighted by atomic mass is 10.0. The fourth-order valence-electron chi connectivity index (χ4n) is 4.47. The monoisotopic (exact) mass is 394 g/mol. The summed E-state index contributed by atoms with van der Waals surface area (Å²) in [6, 6.07) is 5.18. The van der Waals surface area contributed by atoms with Crippen molar-refractivity contribution in [2.75, 3.05) is 5.32 Å². The van der Waals surface area contributed by atoms with Gasteiger partial charge in [-0.2, -0.15) is 5.10 Å². The van der Waals surface area contributed by atoms with Crippen LogP contribution in [0.2, 0.25) is 0 Å². The third-order valence-electron chi connectivity index (χ3n) is 5.95. The Morgan fingerprint density at radius 2 is 2.10 bits per heavy atom. The van der Waals surface area contributed by atoms with Crippen LogP contribution in [0.3, 0.4) is 0 Å². The number of aromatic nitrogens is 2. The molecule has 9 nitrogen and oxygen atoms in total. The lowest BCUT2D eigenvalue weighted by Crippen LogP contribution is -2.52. The number of imide groups is 1. The van der Waals surface area contributed by atoms with Gasteiger partial charge in [-0.1, -0.05) is 18.2 Å². The average Bonchev–Trinajstić information content (AvgIpc) is 3.37. The second-order valence-corrected chi connectivity index (χ2v) is 7.71. The molecule has 5 rings (SSSR count). The van der Waals surface area contributed by atoms with E-state index in [0.717, 1.165) is 35.6 Å². The summed E-state index contributed by atoms with van der Waals surface area (Å²) in [6.07, 6.45) is 0.620. The number of anilines is 1. The van der Waals surface area contributed by atoms with Crippen molar-refractivity contribution in [1.29, 1.82) is 0 Å². The molecule has 1 fully saturated rings. The number of aryl methyl sites for hydroxylation is 1. The molecular formula is C20H22N6O3. The van der Waals surface area contributed by atoms with Crippen molar-refractivity contribution in [3.05, 3.63) is 46.1 Å². The van der Waals surface area contributed by atoms with Crippen molar-refractivity contribution >= 4 is 23.5 Å². The Balaban J connectivity index is 1.37. The van der Waals surface area contributed by atoms with Crippen molar-refractivity contribution in [2.45, 2.75) is 45.1 Å². The van der Waals surface area contributed by atoms with Crippen LogP contribution in [0.15, 0.2) is 18.2 Å². The second kappa shape index (κ2) is 6.70. The Bertz CT molecular complexity index is 1040. The molecule has 29 heavy (non-hydrogen) atoms. The van der Waals surface area contributed by atoms with Gasteiger partial charge in [0.15, 0.2) is 5.82 Å². The molecular weight excluding hydrogens is 372 g/mol. The number of carbonyl (C=O) groups is 3. The van der Waals surface area contributed by atoms with E-state index in [4.69, 9.17) is 0 Å². The van der Waals surface area contributed by atoms with Crippen LogP contribution < -0.4 is 16.0 Å². The van der Waals surface area contributed by atoms with E-state index in [-0.39, 0.29) is 18.2 Å². The standard InChI is InChI=1S/C20H22N6O3/c1-25-15-9-21-8-13(15)18(24-25)22-7-11-3-2-4-12-10-26(20(29)17(11)12)14-5-6-16(27)23-19(14)28/h2-4,14,21H,5-10H2,1H3,(H,22,24)(H,23,27,28). The van der Waals surface area contributed by atoms with Crippen molar-refractivity contribution in [1.82, 2.24) is 25.3 Å². The van der Waals surface area contributed by atoms with Gasteiger partial charge in [0.1, 0.15) is 6.04 Å². The van der Waals surface area contributed by atoms with Gasteiger partial charge in [0.2, 0.25) is 11.8 Å². The zero-order valence-electron chi connectivity index (χ0n) is 16.1. The van der Waals surface area contributed by atoms with Gasteiger partial charge in [0.25, 0.3) is 5.91 Å². The van der Waals surface area contributed by atoms with Crippen molar-refractivity contribution in [3.8, 4) is 0 Å². The van der Waals surface area contributed by atoms with E-state index in [1.165, 1.54) is 5.69 Å². The number of hydrogen-bond acceptors (Lipinski definition) is 6. The number of fused-ring (bicyclic) bond motifs is 2. The predicted molar refractivity (Wildman–Crippen MR) is 104 cm³/mol. The highest BCUT2D eigenvalue weighted by molar-refractivity contribution is 6.06. The molecule has 2 aromatic rings. The van der Waals surface area contributed by atoms with Crippen LogP contribution in [-0.2, 0) is 42.8 Å². The number of piperidine rings is 1. The topological polar surface area (TPSA) is 108 Å². The fraction of sp³-hybridized carbons (Fsp3) is 0.400. The number of rotatable bonds is 4. The fourth-order valence-corrected chi connectivity index (χ4v) is 4.47. The highest BCUT2D eigenvalue weighted by atomic mass is 16.2. The lowest BCUT2D eigenvalue weighted by Gasteiger charge is -2.29. The molecule has 150 valence electrons. The van der Waals surface area contributed by atoms with Gasteiger partial charge in [-0.3, -0.25) is 24.4 Å². The third kappa shape index (κ3) is 2.89. The van der Waals surface area contributed by atoms with Crippen LogP contribution in [0.5, 0.6) is 0 Å². The van der Waals surface area contributed by atoms with Crippen LogP contribution in [-0.4, -0.2) is 38.4 Å². The van der Waals surface area contributed by atoms with E-state index in [1.54, 1.807) is 4.90 Å². The zero-order valence-corrected chi connectivity index (χ0v) is 16.1. The van der Waals surface area contributed by atoms with Gasteiger partial charge in [-0.25, -0.2) is 0 Å². The number of benzene rings is 1. The van der Waals surface area contributed by atoms with Gasteiger partial charge >= 0.3 is 0 Å². The number of hydrogen-bond donors (Lipinski definition) is 3. The van der Waals surface area contributed by atoms with Gasteiger partial charge < -0.3 is 15.5 Å². The van der Waals surface area contributed by atoms with E-state index in [1.807, 2.05) is 29.9 Å². The van der Waals surface area contributed by atoms with Crippen LogP contribution in [0.1, 0.15) is 45.6 Å². The number of carbonyl (C=O) groups excluding carboxylic acids is 3. The maximum Gasteiger partial charge on any atom is 0.255 e. The maximum atomic E-state index is 13.2. The van der Waals surface area contributed by atoms with Crippen molar-refractivity contribution < 1.29 is 14.4 Å². The molecule has 0 spiro atoms. The Labute approximate surface area is 167 Å². The first kappa shape index (κ1) is 17.9. The van der Waals surface area contributed by atoms with E-state index >= 15 is 0 Å². The molecule has 3 aliphatic heterocycles. The summed E-state index contributed by atoms with van der Waals surface area (Å²) in [5.74, 6) is 0.00806. The van der Waals surface area contributed by atoms with Crippen LogP contribution in [0.4, 0.5) is 5.82 Å². The molecule has 1 unspecified atom stereocenters. The molecule has 0 bridgehead atoms. The van der Waals surface area contributed by atoms with Crippen LogP contribution in [0.25, 0.3) is 0 Å². The van der Waals surface area contributed by atoms with Crippen molar-refractivity contribution in [3.63, 3.8) is 0 Å². The van der Waals surface area contributed by atoms with Crippen LogP contribution >= 0.6 is 0 Å². The SMILES string of the molecule is Cn1nc(NCc2cccc3c2C(=O)N(C2CCC(=O)NC2=O)C3)c2c1CNC2. The number of amides is 3. The van der Waals surface area contributed by atoms with Gasteiger partial charge in [0.05, 0.1) is 5.69 Å². The number of nitrogens with one attached hydrogen (secondary N) is 3. The molecule has 0 aliphatic carbocycles. The van der Waals surface area contributed by atoms with E-state index in [9.17, 15) is 14.4 Å². The molecule has 4 heterocycles. The predicted octanol–water partition coefficient (Wildman–Crippen LogP) is 0.396. The molecule has 0 saturated carbocycles. The second-order valence-electron chi connectivity index (χ2n) is 7.71. The maximum absolute atomic E-state index is 13.2. The lowest BCUT2D eigenvalue weighted by molar-refractivity contribution is -0.136. The summed E-state index contributed by atoms with van der Waals surface area (Å²) >= 11 is 0. The van der Waals surface area contributed by atoms with Gasteiger partial charge in [-0.05, 0) is 17.5 Å². The minimum atomic E-state index is -0.599. The third-order valence-corrected chi connectivity index (χ3v) is 5.95. The van der Waals surface area contributed by atoms with Gasteiger partial charge in [0, 0.05) is 50.8 Å². The highest BCUT2D eigenvalue weighted by Crippen LogP contribution is 2.31. The molecule has 9 heteroatoms. The molecule has 3 aliphatic rings. The Kier molecular flexibility index (Phi) is 4.13. The molecule has 1 atom stereocenters. The summed E-state index contributed by atoms with van der Waals surface area (Å²) in [5.41, 5.74) is 4.78. The Morgan fingerprint density at radius 3 is 2.93 bits per heavy atom. The first-order valence-electron chi connectivity index (χ1n) is 9.77. The molecule has 1 aromatic heterocycles. The van der Waals surface area contributed by atoms with E-state index in [2.05, 4.69) is 21.0 Å². The summed E-state index contributed by atoms with van der Waals surface area (Å²) in [4.78, 5) is 38.4. The smallest absolute Gasteiger partial charge is 0.255 e. The molecule has 1 aromatic carbocycles. The first-order chi connectivity index (χ1) is 14.0.